The topological polar surface area (TPSA) is 98.3 Å². The summed E-state index contributed by atoms with van der Waals surface area (Å²) in [5.41, 5.74) is 6.07. The minimum atomic E-state index is -0.612. The zero-order valence-electron chi connectivity index (χ0n) is 9.87. The molecule has 0 aliphatic rings. The van der Waals surface area contributed by atoms with Crippen molar-refractivity contribution in [3.8, 4) is 0 Å². The summed E-state index contributed by atoms with van der Waals surface area (Å²) in [7, 11) is 0. The van der Waals surface area contributed by atoms with Crippen LogP contribution in [0.5, 0.6) is 0 Å². The molecule has 3 N–H and O–H groups in total. The minimum absolute atomic E-state index is 0.0612. The van der Waals surface area contributed by atoms with Crippen LogP contribution in [0.1, 0.15) is 10.4 Å². The van der Waals surface area contributed by atoms with Gasteiger partial charge in [-0.05, 0) is 24.3 Å². The Morgan fingerprint density at radius 2 is 1.84 bits per heavy atom. The lowest BCUT2D eigenvalue weighted by molar-refractivity contribution is -0.385. The molecule has 0 aromatic heterocycles. The van der Waals surface area contributed by atoms with Crippen LogP contribution in [0.25, 0.3) is 0 Å². The summed E-state index contributed by atoms with van der Waals surface area (Å²) in [5, 5.41) is 13.5. The molecule has 0 heterocycles. The number of anilines is 2. The van der Waals surface area contributed by atoms with Gasteiger partial charge in [-0.25, -0.2) is 0 Å². The van der Waals surface area contributed by atoms with E-state index in [0.717, 1.165) is 0 Å². The van der Waals surface area contributed by atoms with Crippen LogP contribution < -0.4 is 11.1 Å². The van der Waals surface area contributed by atoms with E-state index in [2.05, 4.69) is 5.32 Å². The van der Waals surface area contributed by atoms with Crippen molar-refractivity contribution < 1.29 is 9.72 Å². The molecule has 0 saturated heterocycles. The minimum Gasteiger partial charge on any atom is -0.399 e. The van der Waals surface area contributed by atoms with Gasteiger partial charge in [0.05, 0.1) is 4.92 Å². The summed E-state index contributed by atoms with van der Waals surface area (Å²) in [6.07, 6.45) is 0. The smallest absolute Gasteiger partial charge is 0.282 e. The number of nitro benzene ring substituents is 1. The largest absolute Gasteiger partial charge is 0.399 e. The summed E-state index contributed by atoms with van der Waals surface area (Å²) in [6.45, 7) is 0. The Labute approximate surface area is 109 Å². The number of nitrogens with zero attached hydrogens (tertiary/aromatic N) is 1. The highest BCUT2D eigenvalue weighted by Gasteiger charge is 2.20. The molecule has 1 amide bonds. The molecular weight excluding hydrogens is 246 g/mol. The summed E-state index contributed by atoms with van der Waals surface area (Å²) < 4.78 is 0. The van der Waals surface area contributed by atoms with Gasteiger partial charge >= 0.3 is 0 Å². The van der Waals surface area contributed by atoms with Crippen molar-refractivity contribution in [2.24, 2.45) is 0 Å². The van der Waals surface area contributed by atoms with Crippen LogP contribution in [-0.2, 0) is 0 Å². The third-order valence-corrected chi connectivity index (χ3v) is 2.49. The van der Waals surface area contributed by atoms with E-state index in [1.165, 1.54) is 18.2 Å². The number of amides is 1. The molecule has 96 valence electrons. The Kier molecular flexibility index (Phi) is 3.42. The van der Waals surface area contributed by atoms with Gasteiger partial charge in [-0.1, -0.05) is 18.2 Å². The number of benzene rings is 2. The van der Waals surface area contributed by atoms with Crippen LogP contribution in [0, 0.1) is 10.1 Å². The lowest BCUT2D eigenvalue weighted by atomic mass is 10.1. The van der Waals surface area contributed by atoms with E-state index in [1.54, 1.807) is 30.3 Å². The molecule has 0 atom stereocenters. The summed E-state index contributed by atoms with van der Waals surface area (Å²) in [5.74, 6) is -0.565. The Morgan fingerprint density at radius 1 is 1.16 bits per heavy atom. The molecule has 2 rings (SSSR count). The second-order valence-corrected chi connectivity index (χ2v) is 3.85. The molecule has 0 saturated carbocycles. The van der Waals surface area contributed by atoms with Crippen molar-refractivity contribution in [1.29, 1.82) is 0 Å². The quantitative estimate of drug-likeness (QED) is 0.501. The highest BCUT2D eigenvalue weighted by atomic mass is 16.6. The molecule has 0 spiro atoms. The van der Waals surface area contributed by atoms with Crippen molar-refractivity contribution in [3.05, 3.63) is 64.2 Å². The summed E-state index contributed by atoms with van der Waals surface area (Å²) in [6, 6.07) is 12.6. The summed E-state index contributed by atoms with van der Waals surface area (Å²) >= 11 is 0. The van der Waals surface area contributed by atoms with Gasteiger partial charge in [-0.2, -0.15) is 0 Å². The number of hydrogen-bond acceptors (Lipinski definition) is 4. The first-order chi connectivity index (χ1) is 9.08. The van der Waals surface area contributed by atoms with E-state index in [4.69, 9.17) is 5.73 Å². The molecular formula is C13H11N3O3. The van der Waals surface area contributed by atoms with Crippen LogP contribution in [0.3, 0.4) is 0 Å². The molecule has 6 nitrogen and oxygen atoms in total. The van der Waals surface area contributed by atoms with Crippen LogP contribution in [0.15, 0.2) is 48.5 Å². The molecule has 0 unspecified atom stereocenters. The van der Waals surface area contributed by atoms with Gasteiger partial charge in [0.25, 0.3) is 11.6 Å². The number of nitrogen functional groups attached to an aromatic ring is 1. The monoisotopic (exact) mass is 257 g/mol. The number of para-hydroxylation sites is 1. The van der Waals surface area contributed by atoms with Gasteiger partial charge in [0.15, 0.2) is 0 Å². The van der Waals surface area contributed by atoms with E-state index in [1.807, 2.05) is 0 Å². The Balaban J connectivity index is 2.33. The molecule has 2 aromatic rings. The van der Waals surface area contributed by atoms with E-state index in [0.29, 0.717) is 11.4 Å². The number of carbonyl (C=O) groups is 1. The zero-order chi connectivity index (χ0) is 13.8. The zero-order valence-corrected chi connectivity index (χ0v) is 9.87. The molecule has 0 aliphatic heterocycles. The van der Waals surface area contributed by atoms with Gasteiger partial charge in [0.1, 0.15) is 5.56 Å². The van der Waals surface area contributed by atoms with E-state index >= 15 is 0 Å². The number of nitrogens with two attached hydrogens (primary N) is 1. The fraction of sp³-hybridized carbons (Fsp3) is 0. The standard InChI is InChI=1S/C13H11N3O3/c14-9-6-7-12(16(18)19)11(8-9)13(17)15-10-4-2-1-3-5-10/h1-8H,14H2,(H,15,17). The van der Waals surface area contributed by atoms with Gasteiger partial charge in [0.2, 0.25) is 0 Å². The van der Waals surface area contributed by atoms with E-state index in [9.17, 15) is 14.9 Å². The average molecular weight is 257 g/mol. The van der Waals surface area contributed by atoms with Crippen LogP contribution in [0.4, 0.5) is 17.1 Å². The van der Waals surface area contributed by atoms with Gasteiger partial charge in [0, 0.05) is 17.4 Å². The first kappa shape index (κ1) is 12.6. The van der Waals surface area contributed by atoms with Crippen molar-refractivity contribution >= 4 is 23.0 Å². The van der Waals surface area contributed by atoms with Crippen molar-refractivity contribution in [3.63, 3.8) is 0 Å². The molecule has 19 heavy (non-hydrogen) atoms. The predicted molar refractivity (Wildman–Crippen MR) is 71.9 cm³/mol. The van der Waals surface area contributed by atoms with Gasteiger partial charge in [-0.15, -0.1) is 0 Å². The molecule has 0 fully saturated rings. The first-order valence-corrected chi connectivity index (χ1v) is 5.48. The second kappa shape index (κ2) is 5.18. The maximum absolute atomic E-state index is 12.0. The second-order valence-electron chi connectivity index (χ2n) is 3.85. The maximum Gasteiger partial charge on any atom is 0.282 e. The highest BCUT2D eigenvalue weighted by molar-refractivity contribution is 6.07. The van der Waals surface area contributed by atoms with Crippen LogP contribution >= 0.6 is 0 Å². The Morgan fingerprint density at radius 3 is 2.47 bits per heavy atom. The van der Waals surface area contributed by atoms with Gasteiger partial charge < -0.3 is 11.1 Å². The van der Waals surface area contributed by atoms with Crippen LogP contribution in [0.2, 0.25) is 0 Å². The van der Waals surface area contributed by atoms with Gasteiger partial charge in [-0.3, -0.25) is 14.9 Å². The maximum atomic E-state index is 12.0. The first-order valence-electron chi connectivity index (χ1n) is 5.48. The number of nitro groups is 1. The number of carbonyl (C=O) groups excluding carboxylic acids is 1. The fourth-order valence-corrected chi connectivity index (χ4v) is 1.61. The Bertz CT molecular complexity index is 626. The number of rotatable bonds is 3. The Hall–Kier alpha value is -2.89. The normalized spacial score (nSPS) is 9.89. The van der Waals surface area contributed by atoms with Crippen molar-refractivity contribution in [2.45, 2.75) is 0 Å². The van der Waals surface area contributed by atoms with Crippen molar-refractivity contribution in [2.75, 3.05) is 11.1 Å². The third kappa shape index (κ3) is 2.86. The lowest BCUT2D eigenvalue weighted by Crippen LogP contribution is -2.14. The van der Waals surface area contributed by atoms with E-state index in [-0.39, 0.29) is 11.3 Å². The number of nitrogens with one attached hydrogen (secondary N) is 1. The molecule has 0 bridgehead atoms. The average Bonchev–Trinajstić information content (AvgIpc) is 2.39. The predicted octanol–water partition coefficient (Wildman–Crippen LogP) is 2.43. The molecule has 0 aliphatic carbocycles. The van der Waals surface area contributed by atoms with Crippen LogP contribution in [-0.4, -0.2) is 10.8 Å². The fourth-order valence-electron chi connectivity index (χ4n) is 1.61. The van der Waals surface area contributed by atoms with Crippen molar-refractivity contribution in [1.82, 2.24) is 0 Å². The molecule has 6 heteroatoms. The lowest BCUT2D eigenvalue weighted by Gasteiger charge is -2.06. The molecule has 0 radical (unpaired) electrons. The molecule has 2 aromatic carbocycles. The highest BCUT2D eigenvalue weighted by Crippen LogP contribution is 2.22. The SMILES string of the molecule is Nc1ccc([N+](=O)[O-])c(C(=O)Nc2ccccc2)c1. The number of hydrogen-bond donors (Lipinski definition) is 2. The van der Waals surface area contributed by atoms with E-state index < -0.39 is 10.8 Å². The summed E-state index contributed by atoms with van der Waals surface area (Å²) in [4.78, 5) is 22.3. The third-order valence-electron chi connectivity index (χ3n) is 2.49.